The summed E-state index contributed by atoms with van der Waals surface area (Å²) in [6.45, 7) is 2.14. The Hall–Kier alpha value is -3.06. The van der Waals surface area contributed by atoms with Gasteiger partial charge in [-0.3, -0.25) is 5.32 Å². The minimum absolute atomic E-state index is 0.182. The third kappa shape index (κ3) is 3.48. The van der Waals surface area contributed by atoms with Crippen LogP contribution in [0.1, 0.15) is 18.5 Å². The van der Waals surface area contributed by atoms with E-state index in [1.807, 2.05) is 60.8 Å². The van der Waals surface area contributed by atoms with Gasteiger partial charge >= 0.3 is 6.03 Å². The van der Waals surface area contributed by atoms with Gasteiger partial charge in [0.2, 0.25) is 6.79 Å². The van der Waals surface area contributed by atoms with Crippen LogP contribution >= 0.6 is 11.3 Å². The summed E-state index contributed by atoms with van der Waals surface area (Å²) in [4.78, 5) is 16.7. The zero-order valence-electron chi connectivity index (χ0n) is 14.1. The third-order valence-corrected chi connectivity index (χ3v) is 4.80. The van der Waals surface area contributed by atoms with Gasteiger partial charge in [0.25, 0.3) is 0 Å². The van der Waals surface area contributed by atoms with Gasteiger partial charge < -0.3 is 14.8 Å². The summed E-state index contributed by atoms with van der Waals surface area (Å²) >= 11 is 1.39. The van der Waals surface area contributed by atoms with Gasteiger partial charge in [0, 0.05) is 10.9 Å². The maximum atomic E-state index is 12.3. The molecule has 132 valence electrons. The maximum Gasteiger partial charge on any atom is 0.321 e. The van der Waals surface area contributed by atoms with Crippen LogP contribution in [0.5, 0.6) is 11.5 Å². The molecule has 0 bridgehead atoms. The van der Waals surface area contributed by atoms with E-state index in [1.54, 1.807) is 0 Å². The van der Waals surface area contributed by atoms with Gasteiger partial charge in [-0.25, -0.2) is 9.78 Å². The molecule has 0 saturated heterocycles. The van der Waals surface area contributed by atoms with Crippen molar-refractivity contribution in [3.05, 3.63) is 59.5 Å². The fourth-order valence-corrected chi connectivity index (χ4v) is 3.38. The van der Waals surface area contributed by atoms with Crippen molar-refractivity contribution < 1.29 is 14.3 Å². The summed E-state index contributed by atoms with van der Waals surface area (Å²) in [5.41, 5.74) is 2.80. The van der Waals surface area contributed by atoms with Gasteiger partial charge in [0.1, 0.15) is 0 Å². The third-order valence-electron chi connectivity index (χ3n) is 4.04. The maximum absolute atomic E-state index is 12.3. The van der Waals surface area contributed by atoms with Crippen molar-refractivity contribution in [1.29, 1.82) is 0 Å². The first kappa shape index (κ1) is 16.4. The molecule has 2 amide bonds. The van der Waals surface area contributed by atoms with Gasteiger partial charge in [-0.15, -0.1) is 11.3 Å². The first-order valence-corrected chi connectivity index (χ1v) is 9.05. The Morgan fingerprint density at radius 1 is 1.15 bits per heavy atom. The lowest BCUT2D eigenvalue weighted by Crippen LogP contribution is -2.31. The molecule has 0 radical (unpaired) electrons. The molecular formula is C19H17N3O3S. The molecule has 1 aliphatic rings. The van der Waals surface area contributed by atoms with Gasteiger partial charge in [-0.2, -0.15) is 0 Å². The molecule has 0 saturated carbocycles. The molecule has 0 unspecified atom stereocenters. The van der Waals surface area contributed by atoms with Crippen LogP contribution in [0.25, 0.3) is 11.3 Å². The first-order chi connectivity index (χ1) is 12.7. The number of nitrogens with zero attached hydrogens (tertiary/aromatic N) is 1. The van der Waals surface area contributed by atoms with Gasteiger partial charge in [-0.05, 0) is 24.6 Å². The van der Waals surface area contributed by atoms with Gasteiger partial charge in [-0.1, -0.05) is 36.4 Å². The second-order valence-corrected chi connectivity index (χ2v) is 6.69. The summed E-state index contributed by atoms with van der Waals surface area (Å²) < 4.78 is 10.7. The van der Waals surface area contributed by atoms with Crippen LogP contribution in [0.2, 0.25) is 0 Å². The number of thiazole rings is 1. The number of amides is 2. The molecule has 0 fully saturated rings. The summed E-state index contributed by atoms with van der Waals surface area (Å²) in [5, 5.41) is 8.17. The lowest BCUT2D eigenvalue weighted by molar-refractivity contribution is 0.174. The molecule has 2 N–H and O–H groups in total. The number of hydrogen-bond donors (Lipinski definition) is 2. The molecule has 0 aliphatic carbocycles. The SMILES string of the molecule is C[C@@H](NC(=O)Nc1nc(-c2ccccc2)cs1)c1ccc2c(c1)OCO2. The number of benzene rings is 2. The number of fused-ring (bicyclic) bond motifs is 1. The van der Waals surface area contributed by atoms with Crippen molar-refractivity contribution in [2.45, 2.75) is 13.0 Å². The zero-order chi connectivity index (χ0) is 17.9. The van der Waals surface area contributed by atoms with Crippen LogP contribution in [0.3, 0.4) is 0 Å². The Bertz CT molecular complexity index is 927. The van der Waals surface area contributed by atoms with E-state index in [1.165, 1.54) is 11.3 Å². The molecule has 2 aromatic carbocycles. The Morgan fingerprint density at radius 3 is 2.81 bits per heavy atom. The average Bonchev–Trinajstić information content (AvgIpc) is 3.30. The van der Waals surface area contributed by atoms with E-state index >= 15 is 0 Å². The Balaban J connectivity index is 1.39. The molecule has 3 aromatic rings. The Labute approximate surface area is 154 Å². The number of hydrogen-bond acceptors (Lipinski definition) is 5. The molecule has 1 aliphatic heterocycles. The standard InChI is InChI=1S/C19H17N3O3S/c1-12(14-7-8-16-17(9-14)25-11-24-16)20-18(23)22-19-21-15(10-26-19)13-5-3-2-4-6-13/h2-10,12H,11H2,1H3,(H2,20,21,22,23)/t12-/m1/s1. The van der Waals surface area contributed by atoms with Crippen molar-refractivity contribution in [3.63, 3.8) is 0 Å². The van der Waals surface area contributed by atoms with Crippen LogP contribution in [0, 0.1) is 0 Å². The van der Waals surface area contributed by atoms with Crippen molar-refractivity contribution in [3.8, 4) is 22.8 Å². The summed E-state index contributed by atoms with van der Waals surface area (Å²) in [6.07, 6.45) is 0. The van der Waals surface area contributed by atoms with Crippen molar-refractivity contribution in [1.82, 2.24) is 10.3 Å². The molecule has 2 heterocycles. The second-order valence-electron chi connectivity index (χ2n) is 5.84. The van der Waals surface area contributed by atoms with E-state index in [0.717, 1.165) is 22.6 Å². The van der Waals surface area contributed by atoms with Gasteiger partial charge in [0.15, 0.2) is 16.6 Å². The number of carbonyl (C=O) groups excluding carboxylic acids is 1. The number of carbonyl (C=O) groups is 1. The number of nitrogens with one attached hydrogen (secondary N) is 2. The number of ether oxygens (including phenoxy) is 2. The van der Waals surface area contributed by atoms with Crippen molar-refractivity contribution in [2.75, 3.05) is 12.1 Å². The summed E-state index contributed by atoms with van der Waals surface area (Å²) in [5.74, 6) is 1.42. The van der Waals surface area contributed by atoms with E-state index in [0.29, 0.717) is 10.9 Å². The highest BCUT2D eigenvalue weighted by Crippen LogP contribution is 2.34. The average molecular weight is 367 g/mol. The van der Waals surface area contributed by atoms with E-state index in [-0.39, 0.29) is 18.9 Å². The highest BCUT2D eigenvalue weighted by molar-refractivity contribution is 7.14. The van der Waals surface area contributed by atoms with E-state index in [4.69, 9.17) is 9.47 Å². The summed E-state index contributed by atoms with van der Waals surface area (Å²) in [7, 11) is 0. The number of urea groups is 1. The van der Waals surface area contributed by atoms with Crippen LogP contribution < -0.4 is 20.1 Å². The van der Waals surface area contributed by atoms with E-state index in [9.17, 15) is 4.79 Å². The molecule has 1 atom stereocenters. The molecule has 26 heavy (non-hydrogen) atoms. The summed E-state index contributed by atoms with van der Waals surface area (Å²) in [6, 6.07) is 15.0. The number of aromatic nitrogens is 1. The van der Waals surface area contributed by atoms with Crippen LogP contribution in [0.15, 0.2) is 53.9 Å². The fourth-order valence-electron chi connectivity index (χ4n) is 2.67. The van der Waals surface area contributed by atoms with E-state index in [2.05, 4.69) is 15.6 Å². The molecule has 1 aromatic heterocycles. The lowest BCUT2D eigenvalue weighted by Gasteiger charge is -2.14. The van der Waals surface area contributed by atoms with E-state index < -0.39 is 0 Å². The molecular weight excluding hydrogens is 350 g/mol. The zero-order valence-corrected chi connectivity index (χ0v) is 14.9. The molecule has 7 heteroatoms. The largest absolute Gasteiger partial charge is 0.454 e. The second kappa shape index (κ2) is 7.05. The molecule has 0 spiro atoms. The normalized spacial score (nSPS) is 13.3. The highest BCUT2D eigenvalue weighted by atomic mass is 32.1. The smallest absolute Gasteiger partial charge is 0.321 e. The van der Waals surface area contributed by atoms with Gasteiger partial charge in [0.05, 0.1) is 11.7 Å². The predicted octanol–water partition coefficient (Wildman–Crippen LogP) is 4.42. The van der Waals surface area contributed by atoms with Crippen molar-refractivity contribution in [2.24, 2.45) is 0 Å². The number of anilines is 1. The molecule has 6 nitrogen and oxygen atoms in total. The van der Waals surface area contributed by atoms with Crippen molar-refractivity contribution >= 4 is 22.5 Å². The Kier molecular flexibility index (Phi) is 4.45. The number of rotatable bonds is 4. The monoisotopic (exact) mass is 367 g/mol. The predicted molar refractivity (Wildman–Crippen MR) is 101 cm³/mol. The Morgan fingerprint density at radius 2 is 1.96 bits per heavy atom. The topological polar surface area (TPSA) is 72.5 Å². The highest BCUT2D eigenvalue weighted by Gasteiger charge is 2.17. The minimum Gasteiger partial charge on any atom is -0.454 e. The fraction of sp³-hybridized carbons (Fsp3) is 0.158. The van der Waals surface area contributed by atoms with Crippen LogP contribution in [-0.4, -0.2) is 17.8 Å². The minimum atomic E-state index is -0.302. The van der Waals surface area contributed by atoms with Crippen LogP contribution in [0.4, 0.5) is 9.93 Å². The quantitative estimate of drug-likeness (QED) is 0.716. The van der Waals surface area contributed by atoms with Crippen LogP contribution in [-0.2, 0) is 0 Å². The molecule has 4 rings (SSSR count). The first-order valence-electron chi connectivity index (χ1n) is 8.17. The lowest BCUT2D eigenvalue weighted by atomic mass is 10.1.